The van der Waals surface area contributed by atoms with Gasteiger partial charge in [0.15, 0.2) is 23.2 Å². The lowest BCUT2D eigenvalue weighted by molar-refractivity contribution is 0.0188. The fraction of sp³-hybridized carbons (Fsp3) is 0.406. The number of carbonyl (C=O) groups is 1. The molecular formula is C32H34F4O3. The van der Waals surface area contributed by atoms with Crippen LogP contribution in [-0.4, -0.2) is 18.7 Å². The molecule has 0 atom stereocenters. The average molecular weight is 543 g/mol. The highest BCUT2D eigenvalue weighted by molar-refractivity contribution is 5.90. The van der Waals surface area contributed by atoms with E-state index in [1.54, 1.807) is 19.1 Å². The van der Waals surface area contributed by atoms with Crippen LogP contribution < -0.4 is 4.74 Å². The van der Waals surface area contributed by atoms with E-state index in [1.807, 2.05) is 12.1 Å². The molecule has 0 heterocycles. The minimum atomic E-state index is -1.25. The molecule has 1 aliphatic carbocycles. The Morgan fingerprint density at radius 1 is 0.795 bits per heavy atom. The quantitative estimate of drug-likeness (QED) is 0.146. The maximum Gasteiger partial charge on any atom is 0.341 e. The van der Waals surface area contributed by atoms with E-state index in [2.05, 4.69) is 6.92 Å². The van der Waals surface area contributed by atoms with Gasteiger partial charge in [-0.2, -0.15) is 4.39 Å². The van der Waals surface area contributed by atoms with E-state index < -0.39 is 40.9 Å². The smallest absolute Gasteiger partial charge is 0.341 e. The molecule has 3 nitrogen and oxygen atoms in total. The van der Waals surface area contributed by atoms with Crippen molar-refractivity contribution in [2.45, 2.75) is 77.2 Å². The molecule has 0 radical (unpaired) electrons. The van der Waals surface area contributed by atoms with Gasteiger partial charge in [0.25, 0.3) is 0 Å². The number of aryl methyl sites for hydroxylation is 1. The Hall–Kier alpha value is -3.35. The molecule has 7 heteroatoms. The lowest BCUT2D eigenvalue weighted by Crippen LogP contribution is -2.25. The number of ether oxygens (including phenoxy) is 2. The van der Waals surface area contributed by atoms with Crippen LogP contribution in [0.1, 0.15) is 86.2 Å². The molecule has 0 aliphatic heterocycles. The van der Waals surface area contributed by atoms with Crippen LogP contribution in [0.5, 0.6) is 5.75 Å². The van der Waals surface area contributed by atoms with Gasteiger partial charge in [0, 0.05) is 5.56 Å². The lowest BCUT2D eigenvalue weighted by atomic mass is 9.82. The summed E-state index contributed by atoms with van der Waals surface area (Å²) in [5.41, 5.74) is 1.54. The molecule has 0 amide bonds. The van der Waals surface area contributed by atoms with Crippen molar-refractivity contribution in [1.29, 1.82) is 0 Å². The first-order valence-electron chi connectivity index (χ1n) is 13.7. The number of carbonyl (C=O) groups excluding carboxylic acids is 1. The van der Waals surface area contributed by atoms with Gasteiger partial charge in [-0.3, -0.25) is 0 Å². The number of hydrogen-bond donors (Lipinski definition) is 0. The van der Waals surface area contributed by atoms with E-state index in [0.29, 0.717) is 31.2 Å². The SMILES string of the molecule is CCCCCc1ccc(-c2ccc(C(=O)OC3CCC(c4ccc(OCC)c(F)c4F)CC3)c(F)c2F)cc1. The molecular weight excluding hydrogens is 508 g/mol. The highest BCUT2D eigenvalue weighted by Crippen LogP contribution is 2.38. The molecule has 1 fully saturated rings. The number of halogens is 4. The van der Waals surface area contributed by atoms with Gasteiger partial charge < -0.3 is 9.47 Å². The van der Waals surface area contributed by atoms with Crippen molar-refractivity contribution in [3.05, 3.63) is 88.5 Å². The number of benzene rings is 3. The molecule has 0 N–H and O–H groups in total. The van der Waals surface area contributed by atoms with Crippen LogP contribution in [0.4, 0.5) is 17.6 Å². The topological polar surface area (TPSA) is 35.5 Å². The molecule has 4 rings (SSSR count). The van der Waals surface area contributed by atoms with Gasteiger partial charge in [0.1, 0.15) is 6.10 Å². The largest absolute Gasteiger partial charge is 0.491 e. The maximum absolute atomic E-state index is 15.0. The van der Waals surface area contributed by atoms with Crippen molar-refractivity contribution in [3.8, 4) is 16.9 Å². The molecule has 0 aromatic heterocycles. The predicted molar refractivity (Wildman–Crippen MR) is 143 cm³/mol. The Morgan fingerprint density at radius 2 is 1.51 bits per heavy atom. The molecule has 208 valence electrons. The van der Waals surface area contributed by atoms with Crippen LogP contribution >= 0.6 is 0 Å². The molecule has 0 unspecified atom stereocenters. The summed E-state index contributed by atoms with van der Waals surface area (Å²) >= 11 is 0. The first-order valence-corrected chi connectivity index (χ1v) is 13.7. The van der Waals surface area contributed by atoms with Gasteiger partial charge in [-0.15, -0.1) is 0 Å². The molecule has 39 heavy (non-hydrogen) atoms. The molecule has 0 spiro atoms. The highest BCUT2D eigenvalue weighted by atomic mass is 19.2. The van der Waals surface area contributed by atoms with E-state index in [-0.39, 0.29) is 29.4 Å². The zero-order chi connectivity index (χ0) is 27.9. The van der Waals surface area contributed by atoms with E-state index in [0.717, 1.165) is 31.2 Å². The summed E-state index contributed by atoms with van der Waals surface area (Å²) in [6.45, 7) is 4.06. The Bertz CT molecular complexity index is 1280. The van der Waals surface area contributed by atoms with E-state index in [9.17, 15) is 22.4 Å². The van der Waals surface area contributed by atoms with Crippen molar-refractivity contribution in [2.75, 3.05) is 6.61 Å². The van der Waals surface area contributed by atoms with Crippen molar-refractivity contribution >= 4 is 5.97 Å². The Morgan fingerprint density at radius 3 is 2.18 bits per heavy atom. The summed E-state index contributed by atoms with van der Waals surface area (Å²) in [6.07, 6.45) is 5.49. The van der Waals surface area contributed by atoms with Gasteiger partial charge in [-0.25, -0.2) is 18.0 Å². The van der Waals surface area contributed by atoms with Crippen LogP contribution in [0, 0.1) is 23.3 Å². The second-order valence-electron chi connectivity index (χ2n) is 10.0. The third-order valence-electron chi connectivity index (χ3n) is 7.40. The zero-order valence-corrected chi connectivity index (χ0v) is 22.4. The second-order valence-corrected chi connectivity index (χ2v) is 10.0. The summed E-state index contributed by atoms with van der Waals surface area (Å²) in [4.78, 5) is 12.7. The van der Waals surface area contributed by atoms with Crippen LogP contribution in [0.15, 0.2) is 48.5 Å². The second kappa shape index (κ2) is 13.1. The van der Waals surface area contributed by atoms with Gasteiger partial charge >= 0.3 is 5.97 Å². The Labute approximate surface area is 227 Å². The van der Waals surface area contributed by atoms with Gasteiger partial charge in [0.2, 0.25) is 5.82 Å². The molecule has 0 saturated heterocycles. The van der Waals surface area contributed by atoms with Gasteiger partial charge in [0.05, 0.1) is 12.2 Å². The third kappa shape index (κ3) is 6.63. The van der Waals surface area contributed by atoms with Gasteiger partial charge in [-0.1, -0.05) is 56.2 Å². The Balaban J connectivity index is 1.37. The molecule has 1 saturated carbocycles. The molecule has 0 bridgehead atoms. The van der Waals surface area contributed by atoms with Crippen LogP contribution in [0.3, 0.4) is 0 Å². The number of esters is 1. The minimum absolute atomic E-state index is 0.0780. The first-order chi connectivity index (χ1) is 18.8. The monoisotopic (exact) mass is 542 g/mol. The van der Waals surface area contributed by atoms with Crippen molar-refractivity contribution in [3.63, 3.8) is 0 Å². The fourth-order valence-corrected chi connectivity index (χ4v) is 5.20. The van der Waals surface area contributed by atoms with Crippen molar-refractivity contribution in [2.24, 2.45) is 0 Å². The van der Waals surface area contributed by atoms with Crippen LogP contribution in [-0.2, 0) is 11.2 Å². The predicted octanol–water partition coefficient (Wildman–Crippen LogP) is 8.92. The first kappa shape index (κ1) is 28.7. The fourth-order valence-electron chi connectivity index (χ4n) is 5.20. The maximum atomic E-state index is 15.0. The van der Waals surface area contributed by atoms with E-state index in [4.69, 9.17) is 9.47 Å². The highest BCUT2D eigenvalue weighted by Gasteiger charge is 2.30. The van der Waals surface area contributed by atoms with Crippen molar-refractivity contribution in [1.82, 2.24) is 0 Å². The zero-order valence-electron chi connectivity index (χ0n) is 22.4. The number of rotatable bonds is 10. The van der Waals surface area contributed by atoms with Crippen LogP contribution in [0.25, 0.3) is 11.1 Å². The molecule has 1 aliphatic rings. The summed E-state index contributed by atoms with van der Waals surface area (Å²) < 4.78 is 69.4. The molecule has 3 aromatic rings. The lowest BCUT2D eigenvalue weighted by Gasteiger charge is -2.29. The standard InChI is InChI=1S/C32H34F4O3/c1-3-5-6-7-20-8-10-21(11-9-20)24-16-17-26(30(35)28(24)33)32(37)39-23-14-12-22(13-15-23)25-18-19-27(38-4-2)31(36)29(25)34/h8-11,16-19,22-23H,3-7,12-15H2,1-2H3. The number of hydrogen-bond acceptors (Lipinski definition) is 3. The normalized spacial score (nSPS) is 17.2. The Kier molecular flexibility index (Phi) is 9.65. The van der Waals surface area contributed by atoms with Gasteiger partial charge in [-0.05, 0) is 80.2 Å². The number of unbranched alkanes of at least 4 members (excludes halogenated alkanes) is 2. The summed E-state index contributed by atoms with van der Waals surface area (Å²) in [7, 11) is 0. The minimum Gasteiger partial charge on any atom is -0.491 e. The van der Waals surface area contributed by atoms with Crippen molar-refractivity contribution < 1.29 is 31.8 Å². The third-order valence-corrected chi connectivity index (χ3v) is 7.40. The average Bonchev–Trinajstić information content (AvgIpc) is 2.94. The summed E-state index contributed by atoms with van der Waals surface area (Å²) in [6, 6.07) is 12.9. The summed E-state index contributed by atoms with van der Waals surface area (Å²) in [5.74, 6) is -5.58. The van der Waals surface area contributed by atoms with Crippen LogP contribution in [0.2, 0.25) is 0 Å². The summed E-state index contributed by atoms with van der Waals surface area (Å²) in [5, 5.41) is 0. The van der Waals surface area contributed by atoms with E-state index in [1.165, 1.54) is 24.3 Å². The molecule has 3 aromatic carbocycles. The van der Waals surface area contributed by atoms with E-state index >= 15 is 0 Å².